The fourth-order valence-electron chi connectivity index (χ4n) is 3.20. The number of benzene rings is 3. The van der Waals surface area contributed by atoms with E-state index in [4.69, 9.17) is 9.47 Å². The number of rotatable bonds is 11. The molecule has 3 rings (SSSR count). The van der Waals surface area contributed by atoms with Gasteiger partial charge in [-0.15, -0.1) is 0 Å². The molecule has 0 aliphatic carbocycles. The van der Waals surface area contributed by atoms with E-state index in [0.29, 0.717) is 16.9 Å². The van der Waals surface area contributed by atoms with E-state index >= 15 is 0 Å². The van der Waals surface area contributed by atoms with Crippen molar-refractivity contribution in [2.24, 2.45) is 5.10 Å². The molecule has 36 heavy (non-hydrogen) atoms. The molecule has 0 fully saturated rings. The molecule has 0 saturated heterocycles. The molecule has 0 bridgehead atoms. The third-order valence-corrected chi connectivity index (χ3v) is 6.81. The lowest BCUT2D eigenvalue weighted by Gasteiger charge is -2.22. The molecule has 1 N–H and O–H groups in total. The summed E-state index contributed by atoms with van der Waals surface area (Å²) in [5, 5.41) is 14.6. The largest absolute Gasteiger partial charge is 0.493 e. The molecule has 11 nitrogen and oxygen atoms in total. The zero-order chi connectivity index (χ0) is 26.1. The highest BCUT2D eigenvalue weighted by Crippen LogP contribution is 2.31. The molecule has 3 aromatic carbocycles. The second-order valence-electron chi connectivity index (χ2n) is 7.42. The lowest BCUT2D eigenvalue weighted by Crippen LogP contribution is -2.39. The van der Waals surface area contributed by atoms with Crippen LogP contribution in [0.4, 0.5) is 5.69 Å². The number of nitro groups is 1. The van der Waals surface area contributed by atoms with E-state index in [2.05, 4.69) is 10.5 Å². The minimum atomic E-state index is -4.12. The van der Waals surface area contributed by atoms with Crippen molar-refractivity contribution in [1.82, 2.24) is 9.73 Å². The number of amides is 1. The van der Waals surface area contributed by atoms with Crippen molar-refractivity contribution in [2.45, 2.75) is 11.4 Å². The van der Waals surface area contributed by atoms with Gasteiger partial charge in [0, 0.05) is 24.7 Å². The van der Waals surface area contributed by atoms with Crippen LogP contribution in [0, 0.1) is 10.1 Å². The Morgan fingerprint density at radius 2 is 1.69 bits per heavy atom. The first kappa shape index (κ1) is 26.3. The standard InChI is InChI=1S/C24H24N4O7S/c1-34-22-13-12-21(14-23(22)35-2)36(32,33)27(16-19-6-4-3-5-7-19)17-24(29)26-25-15-18-8-10-20(11-9-18)28(30)31/h3-15H,16-17H2,1-2H3,(H,26,29)/b25-15+. The van der Waals surface area contributed by atoms with Crippen LogP contribution >= 0.6 is 0 Å². The zero-order valence-corrected chi connectivity index (χ0v) is 20.3. The maximum absolute atomic E-state index is 13.5. The lowest BCUT2D eigenvalue weighted by atomic mass is 10.2. The van der Waals surface area contributed by atoms with E-state index in [1.807, 2.05) is 0 Å². The Labute approximate surface area is 208 Å². The van der Waals surface area contributed by atoms with Crippen molar-refractivity contribution in [3.05, 3.63) is 94.0 Å². The highest BCUT2D eigenvalue weighted by Gasteiger charge is 2.28. The number of hydrazone groups is 1. The van der Waals surface area contributed by atoms with Gasteiger partial charge in [-0.1, -0.05) is 30.3 Å². The van der Waals surface area contributed by atoms with Crippen LogP contribution in [0.2, 0.25) is 0 Å². The van der Waals surface area contributed by atoms with Crippen molar-refractivity contribution in [3.63, 3.8) is 0 Å². The van der Waals surface area contributed by atoms with Crippen molar-refractivity contribution in [1.29, 1.82) is 0 Å². The van der Waals surface area contributed by atoms with Crippen molar-refractivity contribution < 1.29 is 27.6 Å². The molecule has 0 radical (unpaired) electrons. The first-order valence-corrected chi connectivity index (χ1v) is 12.0. The summed E-state index contributed by atoms with van der Waals surface area (Å²) in [6.07, 6.45) is 1.30. The van der Waals surface area contributed by atoms with Gasteiger partial charge in [0.15, 0.2) is 11.5 Å². The number of hydrogen-bond acceptors (Lipinski definition) is 8. The summed E-state index contributed by atoms with van der Waals surface area (Å²) >= 11 is 0. The molecule has 0 aliphatic rings. The van der Waals surface area contributed by atoms with Gasteiger partial charge in [0.05, 0.1) is 36.8 Å². The third-order valence-electron chi connectivity index (χ3n) is 5.02. The van der Waals surface area contributed by atoms with Crippen molar-refractivity contribution in [2.75, 3.05) is 20.8 Å². The maximum Gasteiger partial charge on any atom is 0.269 e. The molecule has 0 spiro atoms. The normalized spacial score (nSPS) is 11.4. The van der Waals surface area contributed by atoms with E-state index in [9.17, 15) is 23.3 Å². The van der Waals surface area contributed by atoms with Gasteiger partial charge in [-0.3, -0.25) is 14.9 Å². The molecular weight excluding hydrogens is 488 g/mol. The van der Waals surface area contributed by atoms with Gasteiger partial charge in [0.25, 0.3) is 11.6 Å². The van der Waals surface area contributed by atoms with E-state index in [0.717, 1.165) is 4.31 Å². The Morgan fingerprint density at radius 1 is 1.03 bits per heavy atom. The number of nitro benzene ring substituents is 1. The number of sulfonamides is 1. The molecule has 0 aromatic heterocycles. The van der Waals surface area contributed by atoms with Gasteiger partial charge in [-0.25, -0.2) is 13.8 Å². The van der Waals surface area contributed by atoms with Crippen LogP contribution < -0.4 is 14.9 Å². The minimum absolute atomic E-state index is 0.0585. The van der Waals surface area contributed by atoms with E-state index < -0.39 is 27.4 Å². The van der Waals surface area contributed by atoms with Crippen LogP contribution in [0.15, 0.2) is 82.8 Å². The second kappa shape index (κ2) is 11.9. The number of nitrogens with one attached hydrogen (secondary N) is 1. The maximum atomic E-state index is 13.5. The van der Waals surface area contributed by atoms with Gasteiger partial charge < -0.3 is 9.47 Å². The fourth-order valence-corrected chi connectivity index (χ4v) is 4.60. The summed E-state index contributed by atoms with van der Waals surface area (Å²) in [7, 11) is -1.29. The number of carbonyl (C=O) groups is 1. The van der Waals surface area contributed by atoms with Gasteiger partial charge in [0.2, 0.25) is 10.0 Å². The van der Waals surface area contributed by atoms with Crippen LogP contribution in [0.5, 0.6) is 11.5 Å². The van der Waals surface area contributed by atoms with Crippen LogP contribution in [0.3, 0.4) is 0 Å². The fraction of sp³-hybridized carbons (Fsp3) is 0.167. The van der Waals surface area contributed by atoms with E-state index in [-0.39, 0.29) is 22.9 Å². The number of carbonyl (C=O) groups excluding carboxylic acids is 1. The quantitative estimate of drug-likeness (QED) is 0.237. The predicted molar refractivity (Wildman–Crippen MR) is 132 cm³/mol. The number of methoxy groups -OCH3 is 2. The molecule has 0 aliphatic heterocycles. The molecule has 12 heteroatoms. The number of hydrogen-bond donors (Lipinski definition) is 1. The first-order valence-electron chi connectivity index (χ1n) is 10.6. The van der Waals surface area contributed by atoms with Crippen LogP contribution in [-0.2, 0) is 21.4 Å². The van der Waals surface area contributed by atoms with Gasteiger partial charge in [0.1, 0.15) is 0 Å². The van der Waals surface area contributed by atoms with Crippen LogP contribution in [-0.4, -0.2) is 50.5 Å². The SMILES string of the molecule is COc1ccc(S(=O)(=O)N(CC(=O)N/N=C/c2ccc([N+](=O)[O-])cc2)Cc2ccccc2)cc1OC. The minimum Gasteiger partial charge on any atom is -0.493 e. The highest BCUT2D eigenvalue weighted by atomic mass is 32.2. The average molecular weight is 513 g/mol. The number of nitrogens with zero attached hydrogens (tertiary/aromatic N) is 3. The van der Waals surface area contributed by atoms with Gasteiger partial charge in [-0.05, 0) is 35.4 Å². The highest BCUT2D eigenvalue weighted by molar-refractivity contribution is 7.89. The monoisotopic (exact) mass is 512 g/mol. The molecule has 1 amide bonds. The van der Waals surface area contributed by atoms with Crippen LogP contribution in [0.1, 0.15) is 11.1 Å². The molecule has 0 unspecified atom stereocenters. The molecule has 0 atom stereocenters. The number of ether oxygens (including phenoxy) is 2. The summed E-state index contributed by atoms with van der Waals surface area (Å²) in [4.78, 5) is 22.8. The van der Waals surface area contributed by atoms with Gasteiger partial charge in [-0.2, -0.15) is 9.41 Å². The average Bonchev–Trinajstić information content (AvgIpc) is 2.88. The van der Waals surface area contributed by atoms with Crippen LogP contribution in [0.25, 0.3) is 0 Å². The first-order chi connectivity index (χ1) is 17.2. The topological polar surface area (TPSA) is 140 Å². The molecule has 188 valence electrons. The number of non-ortho nitro benzene ring substituents is 1. The Bertz CT molecular complexity index is 1340. The molecule has 3 aromatic rings. The van der Waals surface area contributed by atoms with Gasteiger partial charge >= 0.3 is 0 Å². The summed E-state index contributed by atoms with van der Waals surface area (Å²) < 4.78 is 38.4. The summed E-state index contributed by atoms with van der Waals surface area (Å²) in [6.45, 7) is -0.569. The second-order valence-corrected chi connectivity index (χ2v) is 9.36. The van der Waals surface area contributed by atoms with Crippen molar-refractivity contribution in [3.8, 4) is 11.5 Å². The third kappa shape index (κ3) is 6.64. The molecular formula is C24H24N4O7S. The Kier molecular flexibility index (Phi) is 8.71. The Morgan fingerprint density at radius 3 is 2.31 bits per heavy atom. The molecule has 0 saturated carbocycles. The summed E-state index contributed by atoms with van der Waals surface area (Å²) in [5.74, 6) is -0.0760. The summed E-state index contributed by atoms with van der Waals surface area (Å²) in [5.41, 5.74) is 3.42. The predicted octanol–water partition coefficient (Wildman–Crippen LogP) is 2.95. The van der Waals surface area contributed by atoms with Crippen molar-refractivity contribution >= 4 is 27.8 Å². The van der Waals surface area contributed by atoms with E-state index in [1.165, 1.54) is 62.9 Å². The van der Waals surface area contributed by atoms with E-state index in [1.54, 1.807) is 30.3 Å². The lowest BCUT2D eigenvalue weighted by molar-refractivity contribution is -0.384. The summed E-state index contributed by atoms with van der Waals surface area (Å²) in [6, 6.07) is 18.6. The zero-order valence-electron chi connectivity index (χ0n) is 19.5. The molecule has 0 heterocycles. The smallest absolute Gasteiger partial charge is 0.269 e. The Balaban J connectivity index is 1.80. The Hall–Kier alpha value is -4.29.